The van der Waals surface area contributed by atoms with Gasteiger partial charge in [-0.25, -0.2) is 0 Å². The number of aromatic amines is 1. The summed E-state index contributed by atoms with van der Waals surface area (Å²) in [7, 11) is 0. The predicted molar refractivity (Wildman–Crippen MR) is 139 cm³/mol. The first-order valence-corrected chi connectivity index (χ1v) is 12.9. The highest BCUT2D eigenvalue weighted by atomic mass is 19.4. The van der Waals surface area contributed by atoms with E-state index in [2.05, 4.69) is 20.5 Å². The molecule has 3 aliphatic rings. The molecule has 0 radical (unpaired) electrons. The van der Waals surface area contributed by atoms with Crippen molar-refractivity contribution < 1.29 is 32.3 Å². The first-order valence-electron chi connectivity index (χ1n) is 12.9. The zero-order chi connectivity index (χ0) is 27.9. The topological polar surface area (TPSA) is 107 Å². The number of hydrogen-bond donors (Lipinski definition) is 3. The van der Waals surface area contributed by atoms with E-state index in [0.29, 0.717) is 56.1 Å². The van der Waals surface area contributed by atoms with Gasteiger partial charge in [0.1, 0.15) is 0 Å². The molecule has 0 unspecified atom stereocenters. The van der Waals surface area contributed by atoms with Gasteiger partial charge in [0.15, 0.2) is 0 Å². The van der Waals surface area contributed by atoms with E-state index < -0.39 is 29.1 Å². The van der Waals surface area contributed by atoms with Gasteiger partial charge < -0.3 is 25.3 Å². The third-order valence-corrected chi connectivity index (χ3v) is 7.44. The van der Waals surface area contributed by atoms with Gasteiger partial charge in [0.25, 0.3) is 11.8 Å². The van der Waals surface area contributed by atoms with E-state index in [1.807, 2.05) is 0 Å². The summed E-state index contributed by atoms with van der Waals surface area (Å²) in [6, 6.07) is 4.95. The normalized spacial score (nSPS) is 19.8. The monoisotopic (exact) mass is 545 g/mol. The van der Waals surface area contributed by atoms with E-state index in [4.69, 9.17) is 4.74 Å². The highest BCUT2D eigenvalue weighted by molar-refractivity contribution is 6.35. The van der Waals surface area contributed by atoms with E-state index in [-0.39, 0.29) is 28.9 Å². The van der Waals surface area contributed by atoms with Gasteiger partial charge in [0.2, 0.25) is 5.91 Å². The number of anilines is 2. The zero-order valence-corrected chi connectivity index (χ0v) is 21.7. The number of hydrogen-bond acceptors (Lipinski definition) is 5. The van der Waals surface area contributed by atoms with Crippen LogP contribution < -0.4 is 10.6 Å². The lowest BCUT2D eigenvalue weighted by Gasteiger charge is -2.40. The molecule has 1 aromatic heterocycles. The number of piperidine rings is 1. The number of carbonyl (C=O) groups excluding carboxylic acids is 3. The second kappa shape index (κ2) is 10.5. The standard InChI is InChI=1S/C27H30F3N5O4/c1-15-23(26(38)35-7-5-18(6-8-35)34-9-11-39-12-10-34)24(27(28,29)30)22(31-15)14-20-19-13-17(32-16(2)36)3-4-21(19)33-25(20)37/h3-4,13-14,18,31H,5-12H2,1-2H3,(H,32,36)(H,33,37)/b20-14-. The van der Waals surface area contributed by atoms with Crippen LogP contribution in [0, 0.1) is 6.92 Å². The van der Waals surface area contributed by atoms with Crippen LogP contribution in [0.2, 0.25) is 0 Å². The van der Waals surface area contributed by atoms with Crippen LogP contribution >= 0.6 is 0 Å². The molecule has 39 heavy (non-hydrogen) atoms. The van der Waals surface area contributed by atoms with E-state index in [1.54, 1.807) is 12.1 Å². The Labute approximate surface area is 223 Å². The molecule has 0 spiro atoms. The number of alkyl halides is 3. The number of H-pyrrole nitrogens is 1. The molecular weight excluding hydrogens is 515 g/mol. The molecule has 3 N–H and O–H groups in total. The Morgan fingerprint density at radius 2 is 1.82 bits per heavy atom. The number of amides is 3. The molecule has 0 atom stereocenters. The summed E-state index contributed by atoms with van der Waals surface area (Å²) in [5.41, 5.74) is -0.638. The summed E-state index contributed by atoms with van der Waals surface area (Å²) in [6.07, 6.45) is -2.36. The van der Waals surface area contributed by atoms with Crippen LogP contribution in [-0.4, -0.2) is 77.9 Å². The molecule has 0 bridgehead atoms. The van der Waals surface area contributed by atoms with Crippen LogP contribution in [0.1, 0.15) is 52.6 Å². The van der Waals surface area contributed by atoms with Gasteiger partial charge >= 0.3 is 6.18 Å². The summed E-state index contributed by atoms with van der Waals surface area (Å²) >= 11 is 0. The molecule has 208 valence electrons. The van der Waals surface area contributed by atoms with E-state index >= 15 is 0 Å². The second-order valence-electron chi connectivity index (χ2n) is 10.0. The Balaban J connectivity index is 1.45. The van der Waals surface area contributed by atoms with Crippen molar-refractivity contribution in [3.8, 4) is 0 Å². The average Bonchev–Trinajstić information content (AvgIpc) is 3.39. The smallest absolute Gasteiger partial charge is 0.379 e. The molecule has 2 fully saturated rings. The Bertz CT molecular complexity index is 1340. The van der Waals surface area contributed by atoms with Gasteiger partial charge in [-0.2, -0.15) is 13.2 Å². The van der Waals surface area contributed by atoms with Crippen LogP contribution in [0.3, 0.4) is 0 Å². The van der Waals surface area contributed by atoms with Crippen molar-refractivity contribution >= 4 is 40.7 Å². The number of aromatic nitrogens is 1. The number of halogens is 3. The summed E-state index contributed by atoms with van der Waals surface area (Å²) in [5.74, 6) is -1.58. The van der Waals surface area contributed by atoms with Crippen LogP contribution in [0.4, 0.5) is 24.5 Å². The lowest BCUT2D eigenvalue weighted by Crippen LogP contribution is -2.50. The molecule has 0 aliphatic carbocycles. The van der Waals surface area contributed by atoms with Gasteiger partial charge in [0, 0.05) is 61.8 Å². The largest absolute Gasteiger partial charge is 0.419 e. The summed E-state index contributed by atoms with van der Waals surface area (Å²) in [5, 5.41) is 5.24. The van der Waals surface area contributed by atoms with Gasteiger partial charge in [-0.3, -0.25) is 19.3 Å². The number of morpholine rings is 1. The number of carbonyl (C=O) groups is 3. The number of nitrogens with one attached hydrogen (secondary N) is 3. The number of rotatable bonds is 4. The number of ether oxygens (including phenoxy) is 1. The summed E-state index contributed by atoms with van der Waals surface area (Å²) in [4.78, 5) is 44.1. The summed E-state index contributed by atoms with van der Waals surface area (Å²) in [6.45, 7) is 6.43. The fourth-order valence-corrected chi connectivity index (χ4v) is 5.61. The first-order chi connectivity index (χ1) is 18.5. The molecule has 2 aromatic rings. The maximum Gasteiger partial charge on any atom is 0.419 e. The highest BCUT2D eigenvalue weighted by Crippen LogP contribution is 2.41. The fraction of sp³-hybridized carbons (Fsp3) is 0.444. The number of benzene rings is 1. The van der Waals surface area contributed by atoms with Crippen molar-refractivity contribution in [1.82, 2.24) is 14.8 Å². The Morgan fingerprint density at radius 3 is 2.46 bits per heavy atom. The number of fused-ring (bicyclic) bond motifs is 1. The van der Waals surface area contributed by atoms with Crippen LogP contribution in [-0.2, 0) is 20.5 Å². The van der Waals surface area contributed by atoms with E-state index in [9.17, 15) is 27.6 Å². The Hall–Kier alpha value is -3.64. The lowest BCUT2D eigenvalue weighted by atomic mass is 9.99. The van der Waals surface area contributed by atoms with Crippen molar-refractivity contribution in [1.29, 1.82) is 0 Å². The van der Waals surface area contributed by atoms with E-state index in [1.165, 1.54) is 24.8 Å². The molecule has 2 saturated heterocycles. The molecule has 3 aliphatic heterocycles. The molecule has 3 amide bonds. The van der Waals surface area contributed by atoms with Crippen molar-refractivity contribution in [2.24, 2.45) is 0 Å². The highest BCUT2D eigenvalue weighted by Gasteiger charge is 2.42. The minimum absolute atomic E-state index is 0.00530. The molecule has 0 saturated carbocycles. The van der Waals surface area contributed by atoms with Crippen molar-refractivity contribution in [2.45, 2.75) is 38.9 Å². The number of nitrogens with zero attached hydrogens (tertiary/aromatic N) is 2. The van der Waals surface area contributed by atoms with Gasteiger partial charge in [-0.1, -0.05) is 0 Å². The SMILES string of the molecule is CC(=O)Nc1ccc2c(c1)/C(=C/c1[nH]c(C)c(C(=O)N3CCC(N4CCOCC4)CC3)c1C(F)(F)F)C(=O)N2. The summed E-state index contributed by atoms with van der Waals surface area (Å²) < 4.78 is 48.7. The van der Waals surface area contributed by atoms with Crippen molar-refractivity contribution in [2.75, 3.05) is 50.0 Å². The lowest BCUT2D eigenvalue weighted by molar-refractivity contribution is -0.138. The third-order valence-electron chi connectivity index (χ3n) is 7.44. The average molecular weight is 546 g/mol. The predicted octanol–water partition coefficient (Wildman–Crippen LogP) is 3.73. The van der Waals surface area contributed by atoms with Crippen molar-refractivity contribution in [3.63, 3.8) is 0 Å². The third kappa shape index (κ3) is 5.44. The minimum atomic E-state index is -4.84. The Kier molecular flexibility index (Phi) is 7.25. The van der Waals surface area contributed by atoms with Crippen LogP contribution in [0.15, 0.2) is 18.2 Å². The zero-order valence-electron chi connectivity index (χ0n) is 21.7. The molecule has 5 rings (SSSR count). The van der Waals surface area contributed by atoms with Crippen LogP contribution in [0.5, 0.6) is 0 Å². The molecule has 1 aromatic carbocycles. The van der Waals surface area contributed by atoms with Gasteiger partial charge in [-0.05, 0) is 44.0 Å². The van der Waals surface area contributed by atoms with Crippen LogP contribution in [0.25, 0.3) is 11.6 Å². The van der Waals surface area contributed by atoms with Gasteiger partial charge in [-0.15, -0.1) is 0 Å². The number of aryl methyl sites for hydroxylation is 1. The maximum atomic E-state index is 14.4. The second-order valence-corrected chi connectivity index (χ2v) is 10.0. The molecule has 9 nitrogen and oxygen atoms in total. The maximum absolute atomic E-state index is 14.4. The van der Waals surface area contributed by atoms with E-state index in [0.717, 1.165) is 19.2 Å². The first kappa shape index (κ1) is 26.9. The molecule has 12 heteroatoms. The quantitative estimate of drug-likeness (QED) is 0.508. The fourth-order valence-electron chi connectivity index (χ4n) is 5.61. The molecular formula is C27H30F3N5O4. The number of likely N-dealkylation sites (tertiary alicyclic amines) is 1. The Morgan fingerprint density at radius 1 is 1.13 bits per heavy atom. The van der Waals surface area contributed by atoms with Crippen molar-refractivity contribution in [3.05, 3.63) is 46.3 Å². The minimum Gasteiger partial charge on any atom is -0.379 e. The van der Waals surface area contributed by atoms with Gasteiger partial charge in [0.05, 0.1) is 35.6 Å². The molecule has 4 heterocycles.